The molecule has 14 heteroatoms. The van der Waals surface area contributed by atoms with Gasteiger partial charge in [0.1, 0.15) is 64.2 Å². The van der Waals surface area contributed by atoms with Gasteiger partial charge in [-0.3, -0.25) is 0 Å². The molecule has 0 heterocycles. The van der Waals surface area contributed by atoms with Gasteiger partial charge in [0.2, 0.25) is 0 Å². The number of nitriles is 8. The van der Waals surface area contributed by atoms with E-state index in [2.05, 4.69) is 0 Å². The van der Waals surface area contributed by atoms with Crippen LogP contribution in [0.3, 0.4) is 0 Å². The van der Waals surface area contributed by atoms with Crippen LogP contribution in [-0.2, 0) is 0 Å². The first-order valence-electron chi connectivity index (χ1n) is 12.7. The van der Waals surface area contributed by atoms with E-state index in [9.17, 15) is 50.9 Å². The van der Waals surface area contributed by atoms with Gasteiger partial charge in [-0.15, -0.1) is 0 Å². The Kier molecular flexibility index (Phi) is 7.60. The maximum Gasteiger partial charge on any atom is 0.164 e. The van der Waals surface area contributed by atoms with E-state index in [0.29, 0.717) is 0 Å². The minimum atomic E-state index is -1.80. The Balaban J connectivity index is 2.01. The fourth-order valence-corrected chi connectivity index (χ4v) is 5.40. The van der Waals surface area contributed by atoms with Gasteiger partial charge in [-0.2, -0.15) is 42.1 Å². The molecule has 0 amide bonds. The van der Waals surface area contributed by atoms with Crippen molar-refractivity contribution in [1.82, 2.24) is 0 Å². The van der Waals surface area contributed by atoms with Gasteiger partial charge in [0.05, 0.1) is 34.4 Å². The molecule has 0 atom stereocenters. The highest BCUT2D eigenvalue weighted by Crippen LogP contribution is 2.51. The van der Waals surface area contributed by atoms with Crippen molar-refractivity contribution in [2.24, 2.45) is 0 Å². The molecule has 0 bridgehead atoms. The van der Waals surface area contributed by atoms with Crippen LogP contribution in [0, 0.1) is 126 Å². The summed E-state index contributed by atoms with van der Waals surface area (Å²) in [5.41, 5.74) is -11.6. The van der Waals surface area contributed by atoms with E-state index in [4.69, 9.17) is 0 Å². The molecule has 0 aliphatic heterocycles. The summed E-state index contributed by atoms with van der Waals surface area (Å²) in [5.74, 6) is -10.7. The van der Waals surface area contributed by atoms with Gasteiger partial charge in [0.15, 0.2) is 34.9 Å². The van der Waals surface area contributed by atoms with E-state index >= 15 is 17.6 Å². The Hall–Kier alpha value is -7.88. The van der Waals surface area contributed by atoms with Crippen LogP contribution in [0.1, 0.15) is 44.5 Å². The van der Waals surface area contributed by atoms with E-state index in [0.717, 1.165) is 24.3 Å². The molecule has 0 radical (unpaired) electrons. The minimum absolute atomic E-state index is 0.121. The molecule has 1 aliphatic carbocycles. The van der Waals surface area contributed by atoms with Crippen molar-refractivity contribution in [2.75, 3.05) is 0 Å². The quantitative estimate of drug-likeness (QED) is 0.147. The van der Waals surface area contributed by atoms with E-state index < -0.39 is 96.1 Å². The van der Waals surface area contributed by atoms with Crippen molar-refractivity contribution < 1.29 is 26.3 Å². The van der Waals surface area contributed by atoms with Gasteiger partial charge in [0.25, 0.3) is 0 Å². The summed E-state index contributed by atoms with van der Waals surface area (Å²) in [5, 5.41) is 76.7. The third kappa shape index (κ3) is 4.18. The van der Waals surface area contributed by atoms with Crippen LogP contribution in [0.15, 0.2) is 29.8 Å². The van der Waals surface area contributed by atoms with Crippen molar-refractivity contribution >= 4 is 5.57 Å². The number of benzene rings is 4. The van der Waals surface area contributed by atoms with Crippen LogP contribution in [0.2, 0.25) is 0 Å². The Morgan fingerprint density at radius 3 is 0.938 bits per heavy atom. The Labute approximate surface area is 265 Å². The molecule has 0 saturated carbocycles. The van der Waals surface area contributed by atoms with Gasteiger partial charge in [-0.05, 0) is 46.5 Å². The van der Waals surface area contributed by atoms with Crippen LogP contribution >= 0.6 is 0 Å². The highest BCUT2D eigenvalue weighted by atomic mass is 19.2. The number of halogens is 6. The maximum absolute atomic E-state index is 15.5. The monoisotopic (exact) mass is 638 g/mol. The fourth-order valence-electron chi connectivity index (χ4n) is 5.40. The molecule has 0 unspecified atom stereocenters. The number of fused-ring (bicyclic) bond motifs is 3. The Morgan fingerprint density at radius 1 is 0.375 bits per heavy atom. The molecule has 4 aromatic rings. The van der Waals surface area contributed by atoms with E-state index in [1.807, 2.05) is 0 Å². The van der Waals surface area contributed by atoms with Crippen molar-refractivity contribution in [3.8, 4) is 81.9 Å². The van der Waals surface area contributed by atoms with Gasteiger partial charge >= 0.3 is 0 Å². The Bertz CT molecular complexity index is 2360. The highest BCUT2D eigenvalue weighted by Gasteiger charge is 2.35. The molecule has 222 valence electrons. The number of nitrogens with zero attached hydrogens (tertiary/aromatic N) is 8. The number of hydrogen-bond acceptors (Lipinski definition) is 8. The summed E-state index contributed by atoms with van der Waals surface area (Å²) in [7, 11) is 0. The van der Waals surface area contributed by atoms with Crippen LogP contribution in [0.5, 0.6) is 0 Å². The van der Waals surface area contributed by atoms with Gasteiger partial charge in [0, 0.05) is 16.7 Å². The smallest absolute Gasteiger partial charge is 0.164 e. The second-order valence-corrected chi connectivity index (χ2v) is 9.67. The largest absolute Gasteiger partial charge is 0.205 e. The zero-order valence-corrected chi connectivity index (χ0v) is 23.2. The lowest BCUT2D eigenvalue weighted by Crippen LogP contribution is -2.05. The summed E-state index contributed by atoms with van der Waals surface area (Å²) in [4.78, 5) is 0. The normalized spacial score (nSPS) is 10.5. The summed E-state index contributed by atoms with van der Waals surface area (Å²) in [6.45, 7) is 0. The zero-order chi connectivity index (χ0) is 35.2. The summed E-state index contributed by atoms with van der Waals surface area (Å²) in [6, 6.07) is 15.1. The summed E-state index contributed by atoms with van der Waals surface area (Å²) >= 11 is 0. The lowest BCUT2D eigenvalue weighted by molar-refractivity contribution is 0.538. The van der Waals surface area contributed by atoms with Crippen LogP contribution in [-0.4, -0.2) is 0 Å². The minimum Gasteiger partial charge on any atom is -0.205 e. The lowest BCUT2D eigenvalue weighted by atomic mass is 9.89. The predicted molar refractivity (Wildman–Crippen MR) is 148 cm³/mol. The molecule has 0 N–H and O–H groups in total. The van der Waals surface area contributed by atoms with Gasteiger partial charge in [-0.25, -0.2) is 26.3 Å². The predicted octanol–water partition coefficient (Wildman–Crippen LogP) is 6.91. The maximum atomic E-state index is 15.5. The first-order valence-corrected chi connectivity index (χ1v) is 12.7. The standard InChI is InChI=1S/C34H4F6N8/c35-29-22(9-45)31(37)27(32(38)23(29)10-46)16-3-18-19-4-17(28-33(39)24(11-47)30(36)25(12-48)34(28)40)14(6-42)2-21(19)26(15(7-43)8-44)20(18)1-13(16)5-41/h1-4H. The van der Waals surface area contributed by atoms with Crippen molar-refractivity contribution in [1.29, 1.82) is 42.1 Å². The second-order valence-electron chi connectivity index (χ2n) is 9.67. The molecule has 5 rings (SSSR count). The van der Waals surface area contributed by atoms with Crippen molar-refractivity contribution in [2.45, 2.75) is 0 Å². The Morgan fingerprint density at radius 2 is 0.688 bits per heavy atom. The van der Waals surface area contributed by atoms with Gasteiger partial charge < -0.3 is 0 Å². The van der Waals surface area contributed by atoms with E-state index in [-0.39, 0.29) is 27.8 Å². The van der Waals surface area contributed by atoms with Crippen molar-refractivity contribution in [3.05, 3.63) is 109 Å². The summed E-state index contributed by atoms with van der Waals surface area (Å²) in [6.07, 6.45) is 0. The molecule has 1 aliphatic rings. The number of hydrogen-bond donors (Lipinski definition) is 0. The topological polar surface area (TPSA) is 190 Å². The zero-order valence-electron chi connectivity index (χ0n) is 23.2. The molecular weight excluding hydrogens is 634 g/mol. The molecule has 0 aromatic heterocycles. The third-order valence-corrected chi connectivity index (χ3v) is 7.48. The SMILES string of the molecule is N#CC(C#N)=C1c2cc(C#N)c(-c3c(F)c(C#N)c(F)c(C#N)c3F)cc2-c2cc(-c3c(F)c(C#N)c(F)c(C#N)c3F)c(C#N)cc21. The first-order chi connectivity index (χ1) is 23.0. The van der Waals surface area contributed by atoms with Crippen LogP contribution in [0.25, 0.3) is 39.0 Å². The molecule has 4 aromatic carbocycles. The molecule has 0 saturated heterocycles. The first kappa shape index (κ1) is 31.5. The molecule has 8 nitrogen and oxygen atoms in total. The number of rotatable bonds is 2. The lowest BCUT2D eigenvalue weighted by Gasteiger charge is -2.14. The highest BCUT2D eigenvalue weighted by molar-refractivity contribution is 6.07. The molecular formula is C34H4F6N8. The molecule has 0 spiro atoms. The average molecular weight is 638 g/mol. The van der Waals surface area contributed by atoms with E-state index in [1.165, 1.54) is 24.3 Å². The number of allylic oxidation sites excluding steroid dienone is 1. The fraction of sp³-hybridized carbons (Fsp3) is 0. The van der Waals surface area contributed by atoms with E-state index in [1.54, 1.807) is 24.3 Å². The second kappa shape index (κ2) is 11.6. The van der Waals surface area contributed by atoms with Crippen LogP contribution in [0.4, 0.5) is 26.3 Å². The molecule has 48 heavy (non-hydrogen) atoms. The van der Waals surface area contributed by atoms with Crippen LogP contribution < -0.4 is 0 Å². The third-order valence-electron chi connectivity index (χ3n) is 7.48. The molecule has 0 fully saturated rings. The van der Waals surface area contributed by atoms with Crippen molar-refractivity contribution in [3.63, 3.8) is 0 Å². The summed E-state index contributed by atoms with van der Waals surface area (Å²) < 4.78 is 91.2. The van der Waals surface area contributed by atoms with Gasteiger partial charge in [-0.1, -0.05) is 0 Å². The average Bonchev–Trinajstić information content (AvgIpc) is 3.37.